The van der Waals surface area contributed by atoms with Crippen LogP contribution in [0.1, 0.15) is 40.5 Å². The molecule has 0 spiro atoms. The monoisotopic (exact) mass is 157 g/mol. The van der Waals surface area contributed by atoms with Crippen LogP contribution in [0.4, 0.5) is 0 Å². The minimum absolute atomic E-state index is 0.832. The molecule has 11 heavy (non-hydrogen) atoms. The average Bonchev–Trinajstić information content (AvgIpc) is 2.04. The summed E-state index contributed by atoms with van der Waals surface area (Å²) in [5, 5.41) is 3.49. The standard InChI is InChI=1S/C10H23N/c1-5-9(3)7-11-8-10(4)6-2/h9-11H,5-8H2,1-4H3/t9-,10+. The molecule has 0 rings (SSSR count). The predicted octanol–water partition coefficient (Wildman–Crippen LogP) is 2.67. The summed E-state index contributed by atoms with van der Waals surface area (Å²) in [7, 11) is 0. The zero-order valence-corrected chi connectivity index (χ0v) is 8.48. The van der Waals surface area contributed by atoms with Crippen LogP contribution in [0.2, 0.25) is 0 Å². The van der Waals surface area contributed by atoms with Gasteiger partial charge in [0, 0.05) is 0 Å². The SMILES string of the molecule is CC[C@@H](C)CNC[C@@H](C)CC. The molecule has 0 aliphatic heterocycles. The second-order valence-electron chi connectivity index (χ2n) is 3.69. The molecule has 0 heterocycles. The fourth-order valence-electron chi connectivity index (χ4n) is 0.865. The fraction of sp³-hybridized carbons (Fsp3) is 1.00. The number of hydrogen-bond acceptors (Lipinski definition) is 1. The molecule has 0 amide bonds. The lowest BCUT2D eigenvalue weighted by Crippen LogP contribution is -2.25. The van der Waals surface area contributed by atoms with Crippen LogP contribution in [0.5, 0.6) is 0 Å². The molecule has 0 saturated heterocycles. The molecule has 0 aromatic rings. The van der Waals surface area contributed by atoms with Crippen LogP contribution >= 0.6 is 0 Å². The Morgan fingerprint density at radius 1 is 0.909 bits per heavy atom. The molecular weight excluding hydrogens is 134 g/mol. The molecular formula is C10H23N. The Morgan fingerprint density at radius 2 is 1.27 bits per heavy atom. The van der Waals surface area contributed by atoms with E-state index in [0.717, 1.165) is 11.8 Å². The largest absolute Gasteiger partial charge is 0.316 e. The summed E-state index contributed by atoms with van der Waals surface area (Å²) in [4.78, 5) is 0. The normalized spacial score (nSPS) is 16.4. The van der Waals surface area contributed by atoms with Gasteiger partial charge in [0.05, 0.1) is 0 Å². The van der Waals surface area contributed by atoms with Crippen molar-refractivity contribution in [1.82, 2.24) is 5.32 Å². The van der Waals surface area contributed by atoms with Crippen LogP contribution in [0, 0.1) is 11.8 Å². The third-order valence-corrected chi connectivity index (χ3v) is 2.38. The van der Waals surface area contributed by atoms with Crippen molar-refractivity contribution in [2.24, 2.45) is 11.8 Å². The third-order valence-electron chi connectivity index (χ3n) is 2.38. The molecule has 0 unspecified atom stereocenters. The average molecular weight is 157 g/mol. The first-order valence-electron chi connectivity index (χ1n) is 4.91. The van der Waals surface area contributed by atoms with Crippen LogP contribution < -0.4 is 5.32 Å². The molecule has 0 radical (unpaired) electrons. The summed E-state index contributed by atoms with van der Waals surface area (Å²) in [5.41, 5.74) is 0. The van der Waals surface area contributed by atoms with Crippen molar-refractivity contribution in [2.45, 2.75) is 40.5 Å². The van der Waals surface area contributed by atoms with Crippen molar-refractivity contribution in [3.05, 3.63) is 0 Å². The minimum Gasteiger partial charge on any atom is -0.316 e. The van der Waals surface area contributed by atoms with Crippen molar-refractivity contribution in [1.29, 1.82) is 0 Å². The van der Waals surface area contributed by atoms with Gasteiger partial charge in [0.15, 0.2) is 0 Å². The summed E-state index contributed by atoms with van der Waals surface area (Å²) >= 11 is 0. The molecule has 0 aliphatic rings. The molecule has 0 bridgehead atoms. The maximum Gasteiger partial charge on any atom is -0.00231 e. The summed E-state index contributed by atoms with van der Waals surface area (Å²) < 4.78 is 0. The van der Waals surface area contributed by atoms with Crippen LogP contribution in [0.25, 0.3) is 0 Å². The van der Waals surface area contributed by atoms with Gasteiger partial charge >= 0.3 is 0 Å². The van der Waals surface area contributed by atoms with Gasteiger partial charge in [0.25, 0.3) is 0 Å². The van der Waals surface area contributed by atoms with Gasteiger partial charge in [-0.25, -0.2) is 0 Å². The number of hydrogen-bond donors (Lipinski definition) is 1. The lowest BCUT2D eigenvalue weighted by atomic mass is 10.1. The number of rotatable bonds is 6. The van der Waals surface area contributed by atoms with Gasteiger partial charge in [-0.3, -0.25) is 0 Å². The first kappa shape index (κ1) is 11.0. The highest BCUT2D eigenvalue weighted by molar-refractivity contribution is 4.58. The Morgan fingerprint density at radius 3 is 1.55 bits per heavy atom. The molecule has 1 N–H and O–H groups in total. The highest BCUT2D eigenvalue weighted by Crippen LogP contribution is 2.00. The summed E-state index contributed by atoms with van der Waals surface area (Å²) in [6.45, 7) is 11.4. The second-order valence-corrected chi connectivity index (χ2v) is 3.69. The Kier molecular flexibility index (Phi) is 6.63. The topological polar surface area (TPSA) is 12.0 Å². The predicted molar refractivity (Wildman–Crippen MR) is 51.8 cm³/mol. The maximum absolute atomic E-state index is 3.49. The fourth-order valence-corrected chi connectivity index (χ4v) is 0.865. The Labute approximate surface area is 71.6 Å². The molecule has 1 nitrogen and oxygen atoms in total. The second kappa shape index (κ2) is 6.66. The molecule has 0 aliphatic carbocycles. The highest BCUT2D eigenvalue weighted by atomic mass is 14.9. The van der Waals surface area contributed by atoms with Crippen LogP contribution in [-0.4, -0.2) is 13.1 Å². The van der Waals surface area contributed by atoms with E-state index in [4.69, 9.17) is 0 Å². The molecule has 0 saturated carbocycles. The van der Waals surface area contributed by atoms with Crippen LogP contribution in [0.3, 0.4) is 0 Å². The van der Waals surface area contributed by atoms with Crippen molar-refractivity contribution < 1.29 is 0 Å². The van der Waals surface area contributed by atoms with Crippen molar-refractivity contribution >= 4 is 0 Å². The summed E-state index contributed by atoms with van der Waals surface area (Å²) in [6.07, 6.45) is 2.57. The van der Waals surface area contributed by atoms with Gasteiger partial charge in [-0.2, -0.15) is 0 Å². The first-order valence-corrected chi connectivity index (χ1v) is 4.91. The molecule has 2 atom stereocenters. The zero-order chi connectivity index (χ0) is 8.69. The molecule has 1 heteroatoms. The smallest absolute Gasteiger partial charge is 0.00231 e. The Bertz CT molecular complexity index is 70.9. The van der Waals surface area contributed by atoms with Gasteiger partial charge < -0.3 is 5.32 Å². The lowest BCUT2D eigenvalue weighted by molar-refractivity contribution is 0.445. The van der Waals surface area contributed by atoms with E-state index in [1.54, 1.807) is 0 Å². The quantitative estimate of drug-likeness (QED) is 0.625. The molecule has 68 valence electrons. The van der Waals surface area contributed by atoms with Crippen molar-refractivity contribution in [3.63, 3.8) is 0 Å². The van der Waals surface area contributed by atoms with E-state index < -0.39 is 0 Å². The van der Waals surface area contributed by atoms with Gasteiger partial charge in [-0.1, -0.05) is 40.5 Å². The summed E-state index contributed by atoms with van der Waals surface area (Å²) in [5.74, 6) is 1.66. The summed E-state index contributed by atoms with van der Waals surface area (Å²) in [6, 6.07) is 0. The van der Waals surface area contributed by atoms with E-state index in [0.29, 0.717) is 0 Å². The van der Waals surface area contributed by atoms with E-state index >= 15 is 0 Å². The molecule has 0 aromatic heterocycles. The Balaban J connectivity index is 3.13. The van der Waals surface area contributed by atoms with E-state index in [1.165, 1.54) is 25.9 Å². The van der Waals surface area contributed by atoms with E-state index in [1.807, 2.05) is 0 Å². The van der Waals surface area contributed by atoms with Gasteiger partial charge in [-0.05, 0) is 24.9 Å². The number of nitrogens with one attached hydrogen (secondary N) is 1. The molecule has 0 aromatic carbocycles. The van der Waals surface area contributed by atoms with E-state index in [9.17, 15) is 0 Å². The third kappa shape index (κ3) is 6.36. The lowest BCUT2D eigenvalue weighted by Gasteiger charge is -2.13. The van der Waals surface area contributed by atoms with E-state index in [-0.39, 0.29) is 0 Å². The van der Waals surface area contributed by atoms with Crippen LogP contribution in [0.15, 0.2) is 0 Å². The van der Waals surface area contributed by atoms with Crippen molar-refractivity contribution in [2.75, 3.05) is 13.1 Å². The van der Waals surface area contributed by atoms with Gasteiger partial charge in [0.1, 0.15) is 0 Å². The molecule has 0 fully saturated rings. The first-order chi connectivity index (χ1) is 5.20. The van der Waals surface area contributed by atoms with Crippen LogP contribution in [-0.2, 0) is 0 Å². The van der Waals surface area contributed by atoms with Gasteiger partial charge in [-0.15, -0.1) is 0 Å². The maximum atomic E-state index is 3.49. The zero-order valence-electron chi connectivity index (χ0n) is 8.48. The minimum atomic E-state index is 0.832. The van der Waals surface area contributed by atoms with E-state index in [2.05, 4.69) is 33.0 Å². The Hall–Kier alpha value is -0.0400. The van der Waals surface area contributed by atoms with Gasteiger partial charge in [0.2, 0.25) is 0 Å². The highest BCUT2D eigenvalue weighted by Gasteiger charge is 2.00. The van der Waals surface area contributed by atoms with Crippen molar-refractivity contribution in [3.8, 4) is 0 Å².